The summed E-state index contributed by atoms with van der Waals surface area (Å²) in [6.07, 6.45) is 2.44. The molecule has 1 aliphatic carbocycles. The number of benzene rings is 1. The molecule has 5 heteroatoms. The van der Waals surface area contributed by atoms with E-state index in [0.717, 1.165) is 23.6 Å². The Labute approximate surface area is 118 Å². The highest BCUT2D eigenvalue weighted by atomic mass is 16.6. The van der Waals surface area contributed by atoms with Crippen LogP contribution in [-0.4, -0.2) is 42.3 Å². The lowest BCUT2D eigenvalue weighted by Gasteiger charge is -2.22. The molecule has 1 heterocycles. The minimum absolute atomic E-state index is 0.0882. The van der Waals surface area contributed by atoms with Crippen LogP contribution < -0.4 is 9.47 Å². The molecule has 1 fully saturated rings. The third-order valence-electron chi connectivity index (χ3n) is 3.58. The lowest BCUT2D eigenvalue weighted by Crippen LogP contribution is -2.31. The van der Waals surface area contributed by atoms with Gasteiger partial charge in [0.05, 0.1) is 6.54 Å². The Kier molecular flexibility index (Phi) is 3.78. The van der Waals surface area contributed by atoms with E-state index >= 15 is 0 Å². The van der Waals surface area contributed by atoms with Crippen LogP contribution in [0.2, 0.25) is 0 Å². The lowest BCUT2D eigenvalue weighted by atomic mass is 10.1. The van der Waals surface area contributed by atoms with E-state index in [-0.39, 0.29) is 6.54 Å². The summed E-state index contributed by atoms with van der Waals surface area (Å²) in [5.74, 6) is 1.43. The predicted octanol–water partition coefficient (Wildman–Crippen LogP) is 1.75. The normalized spacial score (nSPS) is 17.2. The Morgan fingerprint density at radius 3 is 2.70 bits per heavy atom. The maximum absolute atomic E-state index is 10.9. The van der Waals surface area contributed by atoms with E-state index in [1.165, 1.54) is 12.8 Å². The molecule has 0 radical (unpaired) electrons. The molecule has 3 rings (SSSR count). The molecule has 108 valence electrons. The second-order valence-electron chi connectivity index (χ2n) is 5.48. The van der Waals surface area contributed by atoms with Crippen molar-refractivity contribution in [2.75, 3.05) is 26.3 Å². The molecule has 2 aliphatic rings. The number of aliphatic carboxylic acids is 1. The number of rotatable bonds is 6. The molecule has 0 amide bonds. The van der Waals surface area contributed by atoms with Crippen molar-refractivity contribution >= 4 is 5.97 Å². The fraction of sp³-hybridized carbons (Fsp3) is 0.533. The molecule has 5 nitrogen and oxygen atoms in total. The lowest BCUT2D eigenvalue weighted by molar-refractivity contribution is -0.138. The zero-order valence-electron chi connectivity index (χ0n) is 11.4. The van der Waals surface area contributed by atoms with Crippen molar-refractivity contribution in [1.82, 2.24) is 4.90 Å². The number of carboxylic acids is 1. The van der Waals surface area contributed by atoms with Gasteiger partial charge in [-0.15, -0.1) is 0 Å². The smallest absolute Gasteiger partial charge is 0.317 e. The topological polar surface area (TPSA) is 59.0 Å². The minimum Gasteiger partial charge on any atom is -0.486 e. The highest BCUT2D eigenvalue weighted by molar-refractivity contribution is 5.69. The van der Waals surface area contributed by atoms with Gasteiger partial charge in [0, 0.05) is 13.1 Å². The van der Waals surface area contributed by atoms with Crippen LogP contribution in [0.15, 0.2) is 18.2 Å². The molecule has 0 saturated heterocycles. The summed E-state index contributed by atoms with van der Waals surface area (Å²) in [5.41, 5.74) is 1.07. The number of carbonyl (C=O) groups is 1. The zero-order valence-corrected chi connectivity index (χ0v) is 11.4. The standard InChI is InChI=1S/C15H19NO4/c17-15(18)10-16(8-11-1-2-11)9-12-3-4-13-14(7-12)20-6-5-19-13/h3-4,7,11H,1-2,5-6,8-10H2,(H,17,18). The van der Waals surface area contributed by atoms with E-state index < -0.39 is 5.97 Å². The Hall–Kier alpha value is -1.75. The van der Waals surface area contributed by atoms with E-state index in [9.17, 15) is 4.79 Å². The van der Waals surface area contributed by atoms with Crippen LogP contribution in [0, 0.1) is 5.92 Å². The van der Waals surface area contributed by atoms with Gasteiger partial charge in [-0.2, -0.15) is 0 Å². The Balaban J connectivity index is 1.68. The number of hydrogen-bond donors (Lipinski definition) is 1. The van der Waals surface area contributed by atoms with Gasteiger partial charge in [0.15, 0.2) is 11.5 Å². The molecular formula is C15H19NO4. The summed E-state index contributed by atoms with van der Waals surface area (Å²) < 4.78 is 11.1. The van der Waals surface area contributed by atoms with Crippen molar-refractivity contribution in [1.29, 1.82) is 0 Å². The van der Waals surface area contributed by atoms with E-state index in [1.807, 2.05) is 23.1 Å². The van der Waals surface area contributed by atoms with Gasteiger partial charge in [0.1, 0.15) is 13.2 Å². The van der Waals surface area contributed by atoms with E-state index in [2.05, 4.69) is 0 Å². The number of ether oxygens (including phenoxy) is 2. The highest BCUT2D eigenvalue weighted by Gasteiger charge is 2.25. The molecule has 0 atom stereocenters. The van der Waals surface area contributed by atoms with Gasteiger partial charge in [-0.3, -0.25) is 9.69 Å². The predicted molar refractivity (Wildman–Crippen MR) is 73.1 cm³/mol. The summed E-state index contributed by atoms with van der Waals surface area (Å²) in [6.45, 7) is 2.74. The molecule has 1 aliphatic heterocycles. The first-order valence-electron chi connectivity index (χ1n) is 7.03. The monoisotopic (exact) mass is 277 g/mol. The largest absolute Gasteiger partial charge is 0.486 e. The quantitative estimate of drug-likeness (QED) is 0.858. The minimum atomic E-state index is -0.775. The summed E-state index contributed by atoms with van der Waals surface area (Å²) >= 11 is 0. The second-order valence-corrected chi connectivity index (χ2v) is 5.48. The van der Waals surface area contributed by atoms with Crippen LogP contribution in [0.1, 0.15) is 18.4 Å². The third-order valence-corrected chi connectivity index (χ3v) is 3.58. The third kappa shape index (κ3) is 3.42. The van der Waals surface area contributed by atoms with Gasteiger partial charge >= 0.3 is 5.97 Å². The van der Waals surface area contributed by atoms with Crippen LogP contribution in [0.25, 0.3) is 0 Å². The molecule has 0 aromatic heterocycles. The van der Waals surface area contributed by atoms with Gasteiger partial charge in [-0.25, -0.2) is 0 Å². The average molecular weight is 277 g/mol. The maximum Gasteiger partial charge on any atom is 0.317 e. The fourth-order valence-electron chi connectivity index (χ4n) is 2.49. The molecule has 20 heavy (non-hydrogen) atoms. The molecule has 1 aromatic rings. The second kappa shape index (κ2) is 5.71. The number of nitrogens with zero attached hydrogens (tertiary/aromatic N) is 1. The maximum atomic E-state index is 10.9. The summed E-state index contributed by atoms with van der Waals surface area (Å²) in [5, 5.41) is 9.00. The average Bonchev–Trinajstić information content (AvgIpc) is 3.22. The van der Waals surface area contributed by atoms with Gasteiger partial charge in [0.2, 0.25) is 0 Å². The van der Waals surface area contributed by atoms with E-state index in [4.69, 9.17) is 14.6 Å². The van der Waals surface area contributed by atoms with Crippen molar-refractivity contribution in [2.24, 2.45) is 5.92 Å². The molecule has 0 spiro atoms. The Morgan fingerprint density at radius 1 is 1.25 bits per heavy atom. The van der Waals surface area contributed by atoms with Crippen molar-refractivity contribution in [3.63, 3.8) is 0 Å². The number of carboxylic acid groups (broad SMARTS) is 1. The molecule has 1 aromatic carbocycles. The zero-order chi connectivity index (χ0) is 13.9. The van der Waals surface area contributed by atoms with Crippen LogP contribution in [0.5, 0.6) is 11.5 Å². The van der Waals surface area contributed by atoms with Crippen molar-refractivity contribution in [3.05, 3.63) is 23.8 Å². The Morgan fingerprint density at radius 2 is 2.00 bits per heavy atom. The first-order chi connectivity index (χ1) is 9.70. The van der Waals surface area contributed by atoms with Crippen LogP contribution in [0.3, 0.4) is 0 Å². The van der Waals surface area contributed by atoms with Crippen LogP contribution >= 0.6 is 0 Å². The van der Waals surface area contributed by atoms with Crippen molar-refractivity contribution < 1.29 is 19.4 Å². The summed E-state index contributed by atoms with van der Waals surface area (Å²) in [6, 6.07) is 5.84. The van der Waals surface area contributed by atoms with Crippen molar-refractivity contribution in [2.45, 2.75) is 19.4 Å². The van der Waals surface area contributed by atoms with Crippen LogP contribution in [-0.2, 0) is 11.3 Å². The Bertz CT molecular complexity index is 499. The van der Waals surface area contributed by atoms with Gasteiger partial charge < -0.3 is 14.6 Å². The molecule has 1 saturated carbocycles. The van der Waals surface area contributed by atoms with E-state index in [1.54, 1.807) is 0 Å². The number of hydrogen-bond acceptors (Lipinski definition) is 4. The van der Waals surface area contributed by atoms with Crippen molar-refractivity contribution in [3.8, 4) is 11.5 Å². The van der Waals surface area contributed by atoms with Gasteiger partial charge in [-0.05, 0) is 36.5 Å². The van der Waals surface area contributed by atoms with Gasteiger partial charge in [0.25, 0.3) is 0 Å². The molecule has 0 unspecified atom stereocenters. The molecular weight excluding hydrogens is 258 g/mol. The molecule has 0 bridgehead atoms. The number of fused-ring (bicyclic) bond motifs is 1. The fourth-order valence-corrected chi connectivity index (χ4v) is 2.49. The summed E-state index contributed by atoms with van der Waals surface area (Å²) in [4.78, 5) is 12.9. The first kappa shape index (κ1) is 13.2. The van der Waals surface area contributed by atoms with Gasteiger partial charge in [-0.1, -0.05) is 6.07 Å². The van der Waals surface area contributed by atoms with E-state index in [0.29, 0.717) is 25.7 Å². The van der Waals surface area contributed by atoms with Crippen LogP contribution in [0.4, 0.5) is 0 Å². The highest BCUT2D eigenvalue weighted by Crippen LogP contribution is 2.32. The first-order valence-corrected chi connectivity index (χ1v) is 7.03. The molecule has 1 N–H and O–H groups in total. The SMILES string of the molecule is O=C(O)CN(Cc1ccc2c(c1)OCCO2)CC1CC1. The summed E-state index contributed by atoms with van der Waals surface area (Å²) in [7, 11) is 0.